The molecule has 4 nitrogen and oxygen atoms in total. The molecule has 0 aliphatic carbocycles. The van der Waals surface area contributed by atoms with E-state index in [0.717, 1.165) is 32.3 Å². The molecule has 1 aliphatic heterocycles. The number of nitrogens with one attached hydrogen (secondary N) is 1. The first-order chi connectivity index (χ1) is 11.1. The van der Waals surface area contributed by atoms with Crippen molar-refractivity contribution in [2.45, 2.75) is 52.1 Å². The molecule has 0 spiro atoms. The standard InChI is InChI=1S/C19H29NO3/c1-15-6-7-17(16(2)13-15)8-9-19(21)20-10-4-11-22-14-18-5-3-12-23-18/h6-7,13,18H,3-5,8-12,14H2,1-2H3,(H,20,21). The highest BCUT2D eigenvalue weighted by Crippen LogP contribution is 2.13. The van der Waals surface area contributed by atoms with Crippen LogP contribution in [0.3, 0.4) is 0 Å². The number of aryl methyl sites for hydroxylation is 3. The maximum absolute atomic E-state index is 11.9. The lowest BCUT2D eigenvalue weighted by molar-refractivity contribution is -0.121. The molecule has 0 saturated carbocycles. The molecule has 1 N–H and O–H groups in total. The monoisotopic (exact) mass is 319 g/mol. The minimum Gasteiger partial charge on any atom is -0.379 e. The highest BCUT2D eigenvalue weighted by molar-refractivity contribution is 5.76. The Morgan fingerprint density at radius 1 is 1.39 bits per heavy atom. The van der Waals surface area contributed by atoms with Crippen molar-refractivity contribution in [3.8, 4) is 0 Å². The Labute approximate surface area is 139 Å². The molecule has 23 heavy (non-hydrogen) atoms. The van der Waals surface area contributed by atoms with E-state index in [1.165, 1.54) is 16.7 Å². The zero-order chi connectivity index (χ0) is 16.5. The summed E-state index contributed by atoms with van der Waals surface area (Å²) in [7, 11) is 0. The molecular formula is C19H29NO3. The van der Waals surface area contributed by atoms with Crippen LogP contribution in [0.1, 0.15) is 42.4 Å². The molecule has 0 bridgehead atoms. The van der Waals surface area contributed by atoms with Crippen molar-refractivity contribution < 1.29 is 14.3 Å². The largest absolute Gasteiger partial charge is 0.379 e. The molecule has 0 radical (unpaired) electrons. The van der Waals surface area contributed by atoms with Gasteiger partial charge in [-0.05, 0) is 50.7 Å². The van der Waals surface area contributed by atoms with Gasteiger partial charge < -0.3 is 14.8 Å². The van der Waals surface area contributed by atoms with Crippen LogP contribution in [-0.2, 0) is 20.7 Å². The molecule has 1 atom stereocenters. The van der Waals surface area contributed by atoms with Gasteiger partial charge in [-0.25, -0.2) is 0 Å². The lowest BCUT2D eigenvalue weighted by Gasteiger charge is -2.10. The molecule has 1 aromatic carbocycles. The Kier molecular flexibility index (Phi) is 7.56. The summed E-state index contributed by atoms with van der Waals surface area (Å²) >= 11 is 0. The molecule has 1 aliphatic rings. The molecule has 0 aromatic heterocycles. The number of hydrogen-bond donors (Lipinski definition) is 1. The van der Waals surface area contributed by atoms with Crippen molar-refractivity contribution in [1.82, 2.24) is 5.32 Å². The van der Waals surface area contributed by atoms with Gasteiger partial charge in [0.15, 0.2) is 0 Å². The zero-order valence-electron chi connectivity index (χ0n) is 14.4. The Bertz CT molecular complexity index is 495. The second-order valence-electron chi connectivity index (χ2n) is 6.34. The maximum Gasteiger partial charge on any atom is 0.220 e. The second-order valence-corrected chi connectivity index (χ2v) is 6.34. The normalized spacial score (nSPS) is 17.4. The minimum absolute atomic E-state index is 0.115. The van der Waals surface area contributed by atoms with Gasteiger partial charge in [0.05, 0.1) is 12.7 Å². The summed E-state index contributed by atoms with van der Waals surface area (Å²) in [4.78, 5) is 11.9. The number of rotatable bonds is 9. The van der Waals surface area contributed by atoms with Gasteiger partial charge >= 0.3 is 0 Å². The van der Waals surface area contributed by atoms with E-state index in [2.05, 4.69) is 37.4 Å². The van der Waals surface area contributed by atoms with E-state index in [-0.39, 0.29) is 12.0 Å². The lowest BCUT2D eigenvalue weighted by atomic mass is 10.0. The average Bonchev–Trinajstić information content (AvgIpc) is 3.03. The maximum atomic E-state index is 11.9. The van der Waals surface area contributed by atoms with Crippen LogP contribution in [0, 0.1) is 13.8 Å². The summed E-state index contributed by atoms with van der Waals surface area (Å²) in [5, 5.41) is 2.96. The molecule has 1 fully saturated rings. The SMILES string of the molecule is Cc1ccc(CCC(=O)NCCCOCC2CCCO2)c(C)c1. The summed E-state index contributed by atoms with van der Waals surface area (Å²) < 4.78 is 11.1. The molecule has 1 aromatic rings. The van der Waals surface area contributed by atoms with Gasteiger partial charge in [-0.3, -0.25) is 4.79 Å². The molecule has 1 amide bonds. The molecule has 1 unspecified atom stereocenters. The minimum atomic E-state index is 0.115. The van der Waals surface area contributed by atoms with E-state index in [9.17, 15) is 4.79 Å². The smallest absolute Gasteiger partial charge is 0.220 e. The predicted molar refractivity (Wildman–Crippen MR) is 91.7 cm³/mol. The van der Waals surface area contributed by atoms with E-state index >= 15 is 0 Å². The second kappa shape index (κ2) is 9.68. The van der Waals surface area contributed by atoms with Crippen LogP contribution in [-0.4, -0.2) is 38.4 Å². The van der Waals surface area contributed by atoms with Crippen molar-refractivity contribution in [1.29, 1.82) is 0 Å². The fourth-order valence-electron chi connectivity index (χ4n) is 2.86. The highest BCUT2D eigenvalue weighted by atomic mass is 16.5. The van der Waals surface area contributed by atoms with E-state index < -0.39 is 0 Å². The van der Waals surface area contributed by atoms with Gasteiger partial charge in [0.1, 0.15) is 0 Å². The van der Waals surface area contributed by atoms with Crippen molar-refractivity contribution in [3.05, 3.63) is 34.9 Å². The number of carbonyl (C=O) groups excluding carboxylic acids is 1. The van der Waals surface area contributed by atoms with E-state index in [1.54, 1.807) is 0 Å². The number of benzene rings is 1. The van der Waals surface area contributed by atoms with Crippen LogP contribution in [0.2, 0.25) is 0 Å². The quantitative estimate of drug-likeness (QED) is 0.712. The fraction of sp³-hybridized carbons (Fsp3) is 0.632. The van der Waals surface area contributed by atoms with Gasteiger partial charge in [-0.15, -0.1) is 0 Å². The van der Waals surface area contributed by atoms with Crippen LogP contribution in [0.5, 0.6) is 0 Å². The summed E-state index contributed by atoms with van der Waals surface area (Å²) in [5.74, 6) is 0.115. The van der Waals surface area contributed by atoms with Crippen LogP contribution in [0.4, 0.5) is 0 Å². The number of carbonyl (C=O) groups is 1. The van der Waals surface area contributed by atoms with Crippen LogP contribution < -0.4 is 5.32 Å². The Hall–Kier alpha value is -1.39. The van der Waals surface area contributed by atoms with Gasteiger partial charge in [0, 0.05) is 26.2 Å². The van der Waals surface area contributed by atoms with Crippen molar-refractivity contribution >= 4 is 5.91 Å². The number of hydrogen-bond acceptors (Lipinski definition) is 3. The first-order valence-corrected chi connectivity index (χ1v) is 8.67. The molecule has 1 saturated heterocycles. The van der Waals surface area contributed by atoms with E-state index in [4.69, 9.17) is 9.47 Å². The third kappa shape index (κ3) is 6.71. The lowest BCUT2D eigenvalue weighted by Crippen LogP contribution is -2.26. The van der Waals surface area contributed by atoms with E-state index in [1.807, 2.05) is 0 Å². The summed E-state index contributed by atoms with van der Waals surface area (Å²) in [6, 6.07) is 6.39. The first-order valence-electron chi connectivity index (χ1n) is 8.67. The number of amides is 1. The summed E-state index contributed by atoms with van der Waals surface area (Å²) in [6.45, 7) is 7.09. The van der Waals surface area contributed by atoms with E-state index in [0.29, 0.717) is 26.2 Å². The van der Waals surface area contributed by atoms with Crippen LogP contribution in [0.15, 0.2) is 18.2 Å². The van der Waals surface area contributed by atoms with Crippen LogP contribution >= 0.6 is 0 Å². The molecular weight excluding hydrogens is 290 g/mol. The molecule has 4 heteroatoms. The Morgan fingerprint density at radius 3 is 3.00 bits per heavy atom. The number of ether oxygens (including phenoxy) is 2. The predicted octanol–water partition coefficient (Wildman–Crippen LogP) is 2.94. The Balaban J connectivity index is 1.51. The van der Waals surface area contributed by atoms with Crippen LogP contribution in [0.25, 0.3) is 0 Å². The van der Waals surface area contributed by atoms with Gasteiger partial charge in [0.2, 0.25) is 5.91 Å². The summed E-state index contributed by atoms with van der Waals surface area (Å²) in [6.07, 6.45) is 4.72. The highest BCUT2D eigenvalue weighted by Gasteiger charge is 2.14. The van der Waals surface area contributed by atoms with Crippen molar-refractivity contribution in [2.75, 3.05) is 26.4 Å². The molecule has 1 heterocycles. The van der Waals surface area contributed by atoms with Crippen molar-refractivity contribution in [3.63, 3.8) is 0 Å². The summed E-state index contributed by atoms with van der Waals surface area (Å²) in [5.41, 5.74) is 3.78. The zero-order valence-corrected chi connectivity index (χ0v) is 14.4. The van der Waals surface area contributed by atoms with Gasteiger partial charge in [0.25, 0.3) is 0 Å². The van der Waals surface area contributed by atoms with Gasteiger partial charge in [-0.1, -0.05) is 23.8 Å². The average molecular weight is 319 g/mol. The Morgan fingerprint density at radius 2 is 2.26 bits per heavy atom. The van der Waals surface area contributed by atoms with Gasteiger partial charge in [-0.2, -0.15) is 0 Å². The first kappa shape index (κ1) is 18.0. The topological polar surface area (TPSA) is 47.6 Å². The molecule has 2 rings (SSSR count). The third-order valence-electron chi connectivity index (χ3n) is 4.23. The van der Waals surface area contributed by atoms with Crippen molar-refractivity contribution in [2.24, 2.45) is 0 Å². The third-order valence-corrected chi connectivity index (χ3v) is 4.23. The molecule has 128 valence electrons. The fourth-order valence-corrected chi connectivity index (χ4v) is 2.86.